The molecule has 1 aliphatic rings. The second-order valence-electron chi connectivity index (χ2n) is 5.34. The summed E-state index contributed by atoms with van der Waals surface area (Å²) in [6, 6.07) is -0.498. The molecule has 1 aromatic rings. The highest BCUT2D eigenvalue weighted by atomic mass is 16.5. The number of carbonyl (C=O) groups is 2. The van der Waals surface area contributed by atoms with Gasteiger partial charge in [0.25, 0.3) is 5.91 Å². The predicted octanol–water partition coefficient (Wildman–Crippen LogP) is 1.88. The Balaban J connectivity index is 2.31. The number of likely N-dealkylation sites (tertiary alicyclic amines) is 1. The second kappa shape index (κ2) is 5.64. The standard InChI is InChI=1S/C14H20N2O4/c1-8(2)12-11(9(3)15-20-12)13(17)16-7-5-6-10(16)14(18)19-4/h8,10H,5-7H2,1-4H3. The van der Waals surface area contributed by atoms with Gasteiger partial charge in [0.05, 0.1) is 12.8 Å². The summed E-state index contributed by atoms with van der Waals surface area (Å²) in [5.74, 6) is 0.0775. The summed E-state index contributed by atoms with van der Waals surface area (Å²) in [6.07, 6.45) is 1.44. The molecule has 1 aromatic heterocycles. The lowest BCUT2D eigenvalue weighted by Gasteiger charge is -2.22. The van der Waals surface area contributed by atoms with E-state index in [1.54, 1.807) is 11.8 Å². The molecule has 1 unspecified atom stereocenters. The van der Waals surface area contributed by atoms with Crippen molar-refractivity contribution in [3.8, 4) is 0 Å². The molecule has 0 spiro atoms. The molecule has 2 heterocycles. The number of hydrogen-bond donors (Lipinski definition) is 0. The SMILES string of the molecule is COC(=O)C1CCCN1C(=O)c1c(C)noc1C(C)C. The van der Waals surface area contributed by atoms with Crippen LogP contribution in [0.1, 0.15) is 54.4 Å². The lowest BCUT2D eigenvalue weighted by molar-refractivity contribution is -0.145. The van der Waals surface area contributed by atoms with Crippen LogP contribution in [-0.4, -0.2) is 41.6 Å². The zero-order valence-electron chi connectivity index (χ0n) is 12.3. The molecule has 6 heteroatoms. The van der Waals surface area contributed by atoms with Gasteiger partial charge in [-0.3, -0.25) is 4.79 Å². The summed E-state index contributed by atoms with van der Waals surface area (Å²) >= 11 is 0. The smallest absolute Gasteiger partial charge is 0.328 e. The first-order chi connectivity index (χ1) is 9.47. The van der Waals surface area contributed by atoms with E-state index in [0.29, 0.717) is 30.0 Å². The fourth-order valence-corrected chi connectivity index (χ4v) is 2.58. The van der Waals surface area contributed by atoms with Crippen LogP contribution >= 0.6 is 0 Å². The van der Waals surface area contributed by atoms with Crippen molar-refractivity contribution in [2.24, 2.45) is 0 Å². The van der Waals surface area contributed by atoms with Crippen LogP contribution in [0.4, 0.5) is 0 Å². The summed E-state index contributed by atoms with van der Waals surface area (Å²) in [4.78, 5) is 26.0. The molecule has 2 rings (SSSR count). The van der Waals surface area contributed by atoms with Gasteiger partial charge in [0.1, 0.15) is 11.6 Å². The van der Waals surface area contributed by atoms with Crippen molar-refractivity contribution < 1.29 is 18.8 Å². The Hall–Kier alpha value is -1.85. The molecule has 0 aromatic carbocycles. The van der Waals surface area contributed by atoms with Crippen molar-refractivity contribution in [3.05, 3.63) is 17.0 Å². The highest BCUT2D eigenvalue weighted by Crippen LogP contribution is 2.27. The average molecular weight is 280 g/mol. The highest BCUT2D eigenvalue weighted by Gasteiger charge is 2.37. The van der Waals surface area contributed by atoms with Crippen molar-refractivity contribution >= 4 is 11.9 Å². The molecule has 1 fully saturated rings. The Morgan fingerprint density at radius 1 is 1.45 bits per heavy atom. The summed E-state index contributed by atoms with van der Waals surface area (Å²) < 4.78 is 10.0. The average Bonchev–Trinajstić information content (AvgIpc) is 3.03. The molecule has 0 N–H and O–H groups in total. The molecule has 1 atom stereocenters. The first-order valence-electron chi connectivity index (χ1n) is 6.82. The Labute approximate surface area is 118 Å². The number of ether oxygens (including phenoxy) is 1. The predicted molar refractivity (Wildman–Crippen MR) is 71.4 cm³/mol. The van der Waals surface area contributed by atoms with Gasteiger partial charge in [-0.1, -0.05) is 19.0 Å². The van der Waals surface area contributed by atoms with Crippen molar-refractivity contribution in [1.29, 1.82) is 0 Å². The van der Waals surface area contributed by atoms with Gasteiger partial charge >= 0.3 is 5.97 Å². The molecule has 0 aliphatic carbocycles. The van der Waals surface area contributed by atoms with Gasteiger partial charge in [-0.15, -0.1) is 0 Å². The van der Waals surface area contributed by atoms with E-state index in [4.69, 9.17) is 9.26 Å². The van der Waals surface area contributed by atoms with Crippen LogP contribution < -0.4 is 0 Å². The Morgan fingerprint density at radius 3 is 2.75 bits per heavy atom. The maximum absolute atomic E-state index is 12.7. The minimum absolute atomic E-state index is 0.0642. The largest absolute Gasteiger partial charge is 0.467 e. The van der Waals surface area contributed by atoms with E-state index in [1.807, 2.05) is 13.8 Å². The van der Waals surface area contributed by atoms with Crippen molar-refractivity contribution in [3.63, 3.8) is 0 Å². The third-order valence-corrected chi connectivity index (χ3v) is 3.61. The third kappa shape index (κ3) is 2.42. The Morgan fingerprint density at radius 2 is 2.15 bits per heavy atom. The van der Waals surface area contributed by atoms with Gasteiger partial charge in [-0.25, -0.2) is 4.79 Å². The summed E-state index contributed by atoms with van der Waals surface area (Å²) in [5.41, 5.74) is 1.05. The topological polar surface area (TPSA) is 72.6 Å². The van der Waals surface area contributed by atoms with Crippen LogP contribution in [0.25, 0.3) is 0 Å². The number of amides is 1. The summed E-state index contributed by atoms with van der Waals surface area (Å²) in [7, 11) is 1.34. The number of carbonyl (C=O) groups excluding carboxylic acids is 2. The molecule has 1 amide bonds. The van der Waals surface area contributed by atoms with Gasteiger partial charge in [-0.05, 0) is 19.8 Å². The first-order valence-corrected chi connectivity index (χ1v) is 6.82. The number of aryl methyl sites for hydroxylation is 1. The monoisotopic (exact) mass is 280 g/mol. The van der Waals surface area contributed by atoms with Crippen molar-refractivity contribution in [2.75, 3.05) is 13.7 Å². The highest BCUT2D eigenvalue weighted by molar-refractivity contribution is 5.98. The van der Waals surface area contributed by atoms with Gasteiger partial charge in [0.15, 0.2) is 5.76 Å². The van der Waals surface area contributed by atoms with Gasteiger partial charge in [0.2, 0.25) is 0 Å². The van der Waals surface area contributed by atoms with Crippen LogP contribution in [0.2, 0.25) is 0 Å². The van der Waals surface area contributed by atoms with Crippen molar-refractivity contribution in [1.82, 2.24) is 10.1 Å². The minimum atomic E-state index is -0.498. The molecule has 1 aliphatic heterocycles. The van der Waals surface area contributed by atoms with E-state index in [-0.39, 0.29) is 17.8 Å². The normalized spacial score (nSPS) is 18.6. The Kier molecular flexibility index (Phi) is 4.11. The molecule has 20 heavy (non-hydrogen) atoms. The summed E-state index contributed by atoms with van der Waals surface area (Å²) in [6.45, 7) is 6.18. The molecule has 0 bridgehead atoms. The zero-order valence-corrected chi connectivity index (χ0v) is 12.3. The molecule has 0 radical (unpaired) electrons. The van der Waals surface area contributed by atoms with E-state index in [2.05, 4.69) is 5.16 Å². The number of nitrogens with zero attached hydrogens (tertiary/aromatic N) is 2. The van der Waals surface area contributed by atoms with Crippen LogP contribution in [-0.2, 0) is 9.53 Å². The number of aromatic nitrogens is 1. The Bertz CT molecular complexity index is 521. The van der Waals surface area contributed by atoms with Gasteiger partial charge < -0.3 is 14.2 Å². The van der Waals surface area contributed by atoms with Crippen LogP contribution in [0.15, 0.2) is 4.52 Å². The second-order valence-corrected chi connectivity index (χ2v) is 5.34. The van der Waals surface area contributed by atoms with Crippen LogP contribution in [0, 0.1) is 6.92 Å². The molecule has 6 nitrogen and oxygen atoms in total. The number of hydrogen-bond acceptors (Lipinski definition) is 5. The minimum Gasteiger partial charge on any atom is -0.467 e. The molecule has 1 saturated heterocycles. The van der Waals surface area contributed by atoms with Crippen LogP contribution in [0.3, 0.4) is 0 Å². The lowest BCUT2D eigenvalue weighted by Crippen LogP contribution is -2.41. The fraction of sp³-hybridized carbons (Fsp3) is 0.643. The number of rotatable bonds is 3. The fourth-order valence-electron chi connectivity index (χ4n) is 2.58. The van der Waals surface area contributed by atoms with E-state index in [1.165, 1.54) is 7.11 Å². The van der Waals surface area contributed by atoms with Gasteiger partial charge in [-0.2, -0.15) is 0 Å². The number of esters is 1. The maximum Gasteiger partial charge on any atom is 0.328 e. The zero-order chi connectivity index (χ0) is 14.9. The molecular weight excluding hydrogens is 260 g/mol. The quantitative estimate of drug-likeness (QED) is 0.790. The summed E-state index contributed by atoms with van der Waals surface area (Å²) in [5, 5.41) is 3.88. The third-order valence-electron chi connectivity index (χ3n) is 3.61. The van der Waals surface area contributed by atoms with Crippen molar-refractivity contribution in [2.45, 2.75) is 45.6 Å². The van der Waals surface area contributed by atoms with E-state index in [9.17, 15) is 9.59 Å². The molecule has 110 valence electrons. The first kappa shape index (κ1) is 14.6. The number of methoxy groups -OCH3 is 1. The lowest BCUT2D eigenvalue weighted by atomic mass is 10.0. The molecule has 0 saturated carbocycles. The van der Waals surface area contributed by atoms with Crippen LogP contribution in [0.5, 0.6) is 0 Å². The molecular formula is C14H20N2O4. The van der Waals surface area contributed by atoms with Gasteiger partial charge in [0, 0.05) is 12.5 Å². The van der Waals surface area contributed by atoms with E-state index < -0.39 is 6.04 Å². The van der Waals surface area contributed by atoms with E-state index in [0.717, 1.165) is 6.42 Å². The van der Waals surface area contributed by atoms with E-state index >= 15 is 0 Å². The maximum atomic E-state index is 12.7.